The summed E-state index contributed by atoms with van der Waals surface area (Å²) in [6.45, 7) is 0. The lowest BCUT2D eigenvalue weighted by Crippen LogP contribution is -2.26. The van der Waals surface area contributed by atoms with Crippen LogP contribution in [0.15, 0.2) is 30.5 Å². The highest BCUT2D eigenvalue weighted by atomic mass is 19.1. The molecule has 1 spiro atoms. The van der Waals surface area contributed by atoms with Gasteiger partial charge in [0.05, 0.1) is 5.52 Å². The van der Waals surface area contributed by atoms with Crippen LogP contribution in [-0.2, 0) is 0 Å². The highest BCUT2D eigenvalue weighted by Gasteiger charge is 2.36. The van der Waals surface area contributed by atoms with E-state index in [4.69, 9.17) is 0 Å². The summed E-state index contributed by atoms with van der Waals surface area (Å²) in [5.74, 6) is 0.430. The first kappa shape index (κ1) is 15.1. The molecule has 1 nitrogen and oxygen atoms in total. The Morgan fingerprint density at radius 2 is 1.65 bits per heavy atom. The molecule has 2 fully saturated rings. The number of aromatic nitrogens is 1. The van der Waals surface area contributed by atoms with E-state index >= 15 is 0 Å². The van der Waals surface area contributed by atoms with Crippen LogP contribution in [0.3, 0.4) is 0 Å². The molecule has 1 heterocycles. The Labute approximate surface area is 138 Å². The molecule has 0 unspecified atom stereocenters. The van der Waals surface area contributed by atoms with E-state index < -0.39 is 0 Å². The van der Waals surface area contributed by atoms with Crippen molar-refractivity contribution in [2.75, 3.05) is 0 Å². The van der Waals surface area contributed by atoms with Gasteiger partial charge in [0.2, 0.25) is 0 Å². The minimum absolute atomic E-state index is 0.150. The fourth-order valence-electron chi connectivity index (χ4n) is 5.02. The number of hydrogen-bond acceptors (Lipinski definition) is 1. The molecular weight excluding hydrogens is 285 g/mol. The monoisotopic (exact) mass is 311 g/mol. The highest BCUT2D eigenvalue weighted by Crippen LogP contribution is 2.50. The van der Waals surface area contributed by atoms with Gasteiger partial charge in [0.1, 0.15) is 5.82 Å². The zero-order valence-electron chi connectivity index (χ0n) is 13.9. The van der Waals surface area contributed by atoms with Crippen LogP contribution in [0.5, 0.6) is 0 Å². The van der Waals surface area contributed by atoms with E-state index in [0.717, 1.165) is 10.9 Å². The molecule has 0 atom stereocenters. The minimum atomic E-state index is -0.150. The summed E-state index contributed by atoms with van der Waals surface area (Å²) in [5, 5.41) is 1.02. The van der Waals surface area contributed by atoms with E-state index in [-0.39, 0.29) is 5.82 Å². The van der Waals surface area contributed by atoms with Crippen LogP contribution in [-0.4, -0.2) is 4.98 Å². The van der Waals surface area contributed by atoms with Gasteiger partial charge in [-0.1, -0.05) is 25.7 Å². The Balaban J connectivity index is 1.57. The quantitative estimate of drug-likeness (QED) is 0.596. The predicted octanol–water partition coefficient (Wildman–Crippen LogP) is 6.37. The van der Waals surface area contributed by atoms with Crippen LogP contribution >= 0.6 is 0 Å². The van der Waals surface area contributed by atoms with Gasteiger partial charge in [0.15, 0.2) is 0 Å². The van der Waals surface area contributed by atoms with Gasteiger partial charge in [-0.05, 0) is 79.7 Å². The molecule has 0 aliphatic heterocycles. The van der Waals surface area contributed by atoms with Crippen LogP contribution < -0.4 is 0 Å². The molecule has 2 aliphatic carbocycles. The van der Waals surface area contributed by atoms with E-state index in [0.29, 0.717) is 11.3 Å². The Morgan fingerprint density at radius 1 is 0.913 bits per heavy atom. The fraction of sp³-hybridized carbons (Fsp3) is 0.571. The Morgan fingerprint density at radius 3 is 2.39 bits per heavy atom. The Bertz CT molecular complexity index is 675. The molecule has 2 aliphatic rings. The Kier molecular flexibility index (Phi) is 4.09. The van der Waals surface area contributed by atoms with E-state index in [1.165, 1.54) is 75.8 Å². The molecule has 0 amide bonds. The van der Waals surface area contributed by atoms with Gasteiger partial charge in [-0.25, -0.2) is 4.39 Å². The zero-order chi connectivity index (χ0) is 15.7. The number of pyridine rings is 1. The molecular formula is C21H26FN. The number of fused-ring (bicyclic) bond motifs is 1. The van der Waals surface area contributed by atoms with Crippen molar-refractivity contribution in [1.29, 1.82) is 0 Å². The lowest BCUT2D eigenvalue weighted by atomic mass is 9.65. The first-order valence-electron chi connectivity index (χ1n) is 9.30. The summed E-state index contributed by atoms with van der Waals surface area (Å²) in [7, 11) is 0. The SMILES string of the molecule is Fc1ccc2nccc(C3CCC4(CCCCCC4)CC3)c2c1. The molecule has 2 saturated carbocycles. The second-order valence-corrected chi connectivity index (χ2v) is 7.75. The first-order valence-corrected chi connectivity index (χ1v) is 9.30. The van der Waals surface area contributed by atoms with Gasteiger partial charge in [-0.2, -0.15) is 0 Å². The molecule has 23 heavy (non-hydrogen) atoms. The van der Waals surface area contributed by atoms with Crippen LogP contribution in [0.2, 0.25) is 0 Å². The number of halogens is 1. The maximum absolute atomic E-state index is 13.7. The molecule has 0 radical (unpaired) electrons. The third kappa shape index (κ3) is 3.00. The summed E-state index contributed by atoms with van der Waals surface area (Å²) >= 11 is 0. The molecule has 122 valence electrons. The molecule has 0 N–H and O–H groups in total. The van der Waals surface area contributed by atoms with Gasteiger partial charge in [-0.15, -0.1) is 0 Å². The predicted molar refractivity (Wildman–Crippen MR) is 93.0 cm³/mol. The molecule has 0 saturated heterocycles. The average molecular weight is 311 g/mol. The second kappa shape index (κ2) is 6.22. The summed E-state index contributed by atoms with van der Waals surface area (Å²) in [6.07, 6.45) is 15.7. The summed E-state index contributed by atoms with van der Waals surface area (Å²) in [5.41, 5.74) is 2.87. The van der Waals surface area contributed by atoms with Gasteiger partial charge < -0.3 is 0 Å². The normalized spacial score (nSPS) is 22.3. The second-order valence-electron chi connectivity index (χ2n) is 7.75. The number of hydrogen-bond donors (Lipinski definition) is 0. The largest absolute Gasteiger partial charge is 0.256 e. The molecule has 4 rings (SSSR count). The Hall–Kier alpha value is -1.44. The zero-order valence-corrected chi connectivity index (χ0v) is 13.9. The smallest absolute Gasteiger partial charge is 0.123 e. The standard InChI is InChI=1S/C21H26FN/c22-17-5-6-20-19(15-17)18(9-14-23-20)16-7-12-21(13-8-16)10-3-1-2-4-11-21/h5-6,9,14-16H,1-4,7-8,10-13H2. The summed E-state index contributed by atoms with van der Waals surface area (Å²) < 4.78 is 13.7. The maximum Gasteiger partial charge on any atom is 0.123 e. The lowest BCUT2D eigenvalue weighted by molar-refractivity contribution is 0.148. The van der Waals surface area contributed by atoms with Crippen molar-refractivity contribution in [2.45, 2.75) is 70.1 Å². The summed E-state index contributed by atoms with van der Waals surface area (Å²) in [4.78, 5) is 4.41. The molecule has 2 aromatic rings. The van der Waals surface area contributed by atoms with Crippen LogP contribution in [0.1, 0.15) is 75.7 Å². The minimum Gasteiger partial charge on any atom is -0.256 e. The van der Waals surface area contributed by atoms with Gasteiger partial charge in [-0.3, -0.25) is 4.98 Å². The van der Waals surface area contributed by atoms with Crippen molar-refractivity contribution < 1.29 is 4.39 Å². The van der Waals surface area contributed by atoms with Crippen molar-refractivity contribution in [1.82, 2.24) is 4.98 Å². The van der Waals surface area contributed by atoms with Crippen LogP contribution in [0, 0.1) is 11.2 Å². The lowest BCUT2D eigenvalue weighted by Gasteiger charge is -2.40. The maximum atomic E-state index is 13.7. The van der Waals surface area contributed by atoms with E-state index in [2.05, 4.69) is 11.1 Å². The number of benzene rings is 1. The molecule has 1 aromatic carbocycles. The van der Waals surface area contributed by atoms with E-state index in [1.54, 1.807) is 6.07 Å². The third-order valence-electron chi connectivity index (χ3n) is 6.39. The molecule has 2 heteroatoms. The average Bonchev–Trinajstić information content (AvgIpc) is 2.81. The van der Waals surface area contributed by atoms with Crippen LogP contribution in [0.25, 0.3) is 10.9 Å². The molecule has 1 aromatic heterocycles. The van der Waals surface area contributed by atoms with Gasteiger partial charge in [0, 0.05) is 11.6 Å². The van der Waals surface area contributed by atoms with Gasteiger partial charge >= 0.3 is 0 Å². The van der Waals surface area contributed by atoms with Crippen molar-refractivity contribution in [3.8, 4) is 0 Å². The van der Waals surface area contributed by atoms with E-state index in [1.807, 2.05) is 12.3 Å². The van der Waals surface area contributed by atoms with Crippen molar-refractivity contribution in [3.05, 3.63) is 41.8 Å². The third-order valence-corrected chi connectivity index (χ3v) is 6.39. The number of nitrogens with zero attached hydrogens (tertiary/aromatic N) is 1. The van der Waals surface area contributed by atoms with Crippen molar-refractivity contribution >= 4 is 10.9 Å². The van der Waals surface area contributed by atoms with E-state index in [9.17, 15) is 4.39 Å². The van der Waals surface area contributed by atoms with Crippen molar-refractivity contribution in [3.63, 3.8) is 0 Å². The first-order chi connectivity index (χ1) is 11.3. The van der Waals surface area contributed by atoms with Gasteiger partial charge in [0.25, 0.3) is 0 Å². The number of rotatable bonds is 1. The summed E-state index contributed by atoms with van der Waals surface area (Å²) in [6, 6.07) is 7.12. The molecule has 0 bridgehead atoms. The topological polar surface area (TPSA) is 12.9 Å². The van der Waals surface area contributed by atoms with Crippen molar-refractivity contribution in [2.24, 2.45) is 5.41 Å². The van der Waals surface area contributed by atoms with Crippen LogP contribution in [0.4, 0.5) is 4.39 Å². The highest BCUT2D eigenvalue weighted by molar-refractivity contribution is 5.82. The fourth-order valence-corrected chi connectivity index (χ4v) is 5.02.